The van der Waals surface area contributed by atoms with Crippen molar-refractivity contribution in [1.29, 1.82) is 5.41 Å². The van der Waals surface area contributed by atoms with Gasteiger partial charge in [-0.15, -0.1) is 0 Å². The molecular weight excluding hydrogens is 261 g/mol. The molecule has 1 fully saturated rings. The summed E-state index contributed by atoms with van der Waals surface area (Å²) < 4.78 is 43.1. The number of anilines is 1. The van der Waals surface area contributed by atoms with E-state index in [0.29, 0.717) is 13.2 Å². The van der Waals surface area contributed by atoms with Crippen molar-refractivity contribution in [2.45, 2.75) is 12.3 Å². The van der Waals surface area contributed by atoms with E-state index in [-0.39, 0.29) is 18.2 Å². The zero-order valence-electron chi connectivity index (χ0n) is 9.94. The van der Waals surface area contributed by atoms with Gasteiger partial charge in [0.05, 0.1) is 18.7 Å². The highest BCUT2D eigenvalue weighted by Gasteiger charge is 2.32. The highest BCUT2D eigenvalue weighted by atomic mass is 19.4. The van der Waals surface area contributed by atoms with Crippen molar-refractivity contribution in [3.8, 4) is 0 Å². The molecule has 2 rings (SSSR count). The first kappa shape index (κ1) is 13.6. The van der Waals surface area contributed by atoms with E-state index in [2.05, 4.69) is 4.98 Å². The van der Waals surface area contributed by atoms with Crippen LogP contribution in [0, 0.1) is 5.41 Å². The third kappa shape index (κ3) is 3.14. The zero-order valence-corrected chi connectivity index (χ0v) is 9.94. The summed E-state index contributed by atoms with van der Waals surface area (Å²) in [6.45, 7) is 0.934. The van der Waals surface area contributed by atoms with Crippen LogP contribution in [0.2, 0.25) is 0 Å². The normalized spacial score (nSPS) is 20.4. The van der Waals surface area contributed by atoms with Gasteiger partial charge in [0.1, 0.15) is 17.8 Å². The maximum atomic E-state index is 12.6. The molecule has 0 aliphatic carbocycles. The lowest BCUT2D eigenvalue weighted by Gasteiger charge is -2.33. The highest BCUT2D eigenvalue weighted by Crippen LogP contribution is 2.30. The summed E-state index contributed by atoms with van der Waals surface area (Å²) in [4.78, 5) is 5.56. The molecular formula is C11H13F3N4O. The van der Waals surface area contributed by atoms with Crippen molar-refractivity contribution < 1.29 is 17.9 Å². The Kier molecular flexibility index (Phi) is 3.61. The summed E-state index contributed by atoms with van der Waals surface area (Å²) in [5.41, 5.74) is 4.59. The van der Waals surface area contributed by atoms with Crippen LogP contribution in [0.1, 0.15) is 5.56 Å². The summed E-state index contributed by atoms with van der Waals surface area (Å²) >= 11 is 0. The number of morpholine rings is 1. The minimum Gasteiger partial charge on any atom is -0.385 e. The van der Waals surface area contributed by atoms with Gasteiger partial charge in [-0.2, -0.15) is 13.2 Å². The molecule has 104 valence electrons. The second-order valence-corrected chi connectivity index (χ2v) is 4.16. The molecule has 1 unspecified atom stereocenters. The van der Waals surface area contributed by atoms with Crippen LogP contribution in [-0.2, 0) is 10.9 Å². The fourth-order valence-electron chi connectivity index (χ4n) is 1.81. The van der Waals surface area contributed by atoms with Crippen LogP contribution in [0.3, 0.4) is 0 Å². The van der Waals surface area contributed by atoms with Gasteiger partial charge in [0.2, 0.25) is 0 Å². The Morgan fingerprint density at radius 3 is 2.89 bits per heavy atom. The van der Waals surface area contributed by atoms with Gasteiger partial charge in [0.15, 0.2) is 0 Å². The Hall–Kier alpha value is -1.83. The van der Waals surface area contributed by atoms with Crippen LogP contribution in [0.4, 0.5) is 19.0 Å². The fourth-order valence-corrected chi connectivity index (χ4v) is 1.81. The van der Waals surface area contributed by atoms with Gasteiger partial charge >= 0.3 is 6.18 Å². The number of amidine groups is 1. The van der Waals surface area contributed by atoms with Crippen molar-refractivity contribution in [1.82, 2.24) is 4.98 Å². The predicted molar refractivity (Wildman–Crippen MR) is 63.1 cm³/mol. The molecule has 0 amide bonds. The van der Waals surface area contributed by atoms with Crippen molar-refractivity contribution in [2.75, 3.05) is 24.6 Å². The van der Waals surface area contributed by atoms with Crippen LogP contribution < -0.4 is 10.6 Å². The minimum atomic E-state index is -4.40. The smallest absolute Gasteiger partial charge is 0.385 e. The number of rotatable bonds is 2. The van der Waals surface area contributed by atoms with Crippen molar-refractivity contribution in [3.63, 3.8) is 0 Å². The Labute approximate surface area is 107 Å². The van der Waals surface area contributed by atoms with Crippen LogP contribution in [0.5, 0.6) is 0 Å². The van der Waals surface area contributed by atoms with Crippen LogP contribution in [-0.4, -0.2) is 36.6 Å². The molecule has 5 nitrogen and oxygen atoms in total. The van der Waals surface area contributed by atoms with Gasteiger partial charge in [-0.1, -0.05) is 0 Å². The maximum absolute atomic E-state index is 12.6. The lowest BCUT2D eigenvalue weighted by atomic mass is 10.2. The minimum absolute atomic E-state index is 0.142. The topological polar surface area (TPSA) is 75.2 Å². The highest BCUT2D eigenvalue weighted by molar-refractivity contribution is 5.82. The second kappa shape index (κ2) is 5.04. The lowest BCUT2D eigenvalue weighted by molar-refractivity contribution is -0.137. The molecule has 1 saturated heterocycles. The molecule has 1 aromatic rings. The summed E-state index contributed by atoms with van der Waals surface area (Å²) in [5.74, 6) is 0.0704. The summed E-state index contributed by atoms with van der Waals surface area (Å²) in [7, 11) is 0. The number of hydrogen-bond donors (Lipinski definition) is 2. The molecule has 1 atom stereocenters. The molecule has 0 aromatic carbocycles. The molecule has 0 saturated carbocycles. The standard InChI is InChI=1S/C11H13F3N4O/c12-11(13,14)7-1-2-17-9(5-7)18-3-4-19-8(6-18)10(15)16/h1-2,5,8H,3-4,6H2,(H3,15,16). The van der Waals surface area contributed by atoms with Gasteiger partial charge in [-0.3, -0.25) is 5.41 Å². The number of hydrogen-bond acceptors (Lipinski definition) is 4. The molecule has 0 radical (unpaired) electrons. The van der Waals surface area contributed by atoms with Crippen molar-refractivity contribution >= 4 is 11.7 Å². The number of nitrogens with one attached hydrogen (secondary N) is 1. The summed E-state index contributed by atoms with van der Waals surface area (Å²) in [5, 5.41) is 7.31. The Morgan fingerprint density at radius 1 is 1.53 bits per heavy atom. The molecule has 8 heteroatoms. The monoisotopic (exact) mass is 274 g/mol. The molecule has 3 N–H and O–H groups in total. The van der Waals surface area contributed by atoms with E-state index in [9.17, 15) is 13.2 Å². The third-order valence-electron chi connectivity index (χ3n) is 2.81. The van der Waals surface area contributed by atoms with E-state index in [0.717, 1.165) is 18.3 Å². The van der Waals surface area contributed by atoms with E-state index in [1.165, 1.54) is 0 Å². The van der Waals surface area contributed by atoms with E-state index >= 15 is 0 Å². The first-order valence-corrected chi connectivity index (χ1v) is 5.61. The largest absolute Gasteiger partial charge is 0.416 e. The van der Waals surface area contributed by atoms with Gasteiger partial charge < -0.3 is 15.4 Å². The van der Waals surface area contributed by atoms with Gasteiger partial charge in [0.25, 0.3) is 0 Å². The molecule has 1 aromatic heterocycles. The zero-order chi connectivity index (χ0) is 14.0. The Morgan fingerprint density at radius 2 is 2.26 bits per heavy atom. The number of halogens is 3. The molecule has 0 bridgehead atoms. The average molecular weight is 274 g/mol. The molecule has 1 aliphatic heterocycles. The van der Waals surface area contributed by atoms with Gasteiger partial charge in [-0.25, -0.2) is 4.98 Å². The van der Waals surface area contributed by atoms with Crippen LogP contribution in [0.15, 0.2) is 18.3 Å². The Balaban J connectivity index is 2.20. The summed E-state index contributed by atoms with van der Waals surface area (Å²) in [6.07, 6.45) is -3.88. The van der Waals surface area contributed by atoms with Crippen molar-refractivity contribution in [2.24, 2.45) is 5.73 Å². The average Bonchev–Trinajstić information content (AvgIpc) is 2.38. The van der Waals surface area contributed by atoms with E-state index in [4.69, 9.17) is 15.9 Å². The van der Waals surface area contributed by atoms with Gasteiger partial charge in [-0.05, 0) is 12.1 Å². The first-order chi connectivity index (χ1) is 8.88. The van der Waals surface area contributed by atoms with Crippen LogP contribution >= 0.6 is 0 Å². The Bertz CT molecular complexity index is 477. The third-order valence-corrected chi connectivity index (χ3v) is 2.81. The number of nitrogens with zero attached hydrogens (tertiary/aromatic N) is 2. The lowest BCUT2D eigenvalue weighted by Crippen LogP contribution is -2.48. The molecule has 1 aliphatic rings. The second-order valence-electron chi connectivity index (χ2n) is 4.16. The molecule has 0 spiro atoms. The van der Waals surface area contributed by atoms with Crippen LogP contribution in [0.25, 0.3) is 0 Å². The fraction of sp³-hybridized carbons (Fsp3) is 0.455. The van der Waals surface area contributed by atoms with Gasteiger partial charge in [0, 0.05) is 12.7 Å². The molecule has 2 heterocycles. The van der Waals surface area contributed by atoms with Crippen molar-refractivity contribution in [3.05, 3.63) is 23.9 Å². The number of nitrogens with two attached hydrogens (primary N) is 1. The number of pyridine rings is 1. The van der Waals surface area contributed by atoms with E-state index in [1.54, 1.807) is 4.90 Å². The molecule has 19 heavy (non-hydrogen) atoms. The SMILES string of the molecule is N=C(N)C1CN(c2cc(C(F)(F)F)ccn2)CCO1. The summed E-state index contributed by atoms with van der Waals surface area (Å²) in [6, 6.07) is 1.91. The van der Waals surface area contributed by atoms with E-state index in [1.807, 2.05) is 0 Å². The maximum Gasteiger partial charge on any atom is 0.416 e. The van der Waals surface area contributed by atoms with E-state index < -0.39 is 17.8 Å². The number of ether oxygens (including phenoxy) is 1. The first-order valence-electron chi connectivity index (χ1n) is 5.61. The predicted octanol–water partition coefficient (Wildman–Crippen LogP) is 1.24. The quantitative estimate of drug-likeness (QED) is 0.628. The number of aromatic nitrogens is 1. The number of alkyl halides is 3.